The lowest BCUT2D eigenvalue weighted by atomic mass is 9.88. The average molecular weight is 476 g/mol. The van der Waals surface area contributed by atoms with Gasteiger partial charge in [0.1, 0.15) is 5.82 Å². The summed E-state index contributed by atoms with van der Waals surface area (Å²) in [5.74, 6) is 0.597. The number of nitriles is 1. The van der Waals surface area contributed by atoms with Crippen molar-refractivity contribution in [2.75, 3.05) is 26.2 Å². The van der Waals surface area contributed by atoms with E-state index in [9.17, 15) is 4.39 Å². The molecule has 0 atom stereocenters. The molecule has 35 heavy (non-hydrogen) atoms. The molecule has 0 unspecified atom stereocenters. The molecule has 0 aromatic heterocycles. The van der Waals surface area contributed by atoms with E-state index in [0.717, 1.165) is 64.4 Å². The Morgan fingerprint density at radius 2 is 1.77 bits per heavy atom. The lowest BCUT2D eigenvalue weighted by Gasteiger charge is -2.31. The first kappa shape index (κ1) is 27.1. The van der Waals surface area contributed by atoms with Crippen LogP contribution in [0.3, 0.4) is 0 Å². The first-order chi connectivity index (χ1) is 17.1. The Kier molecular flexibility index (Phi) is 11.0. The highest BCUT2D eigenvalue weighted by Gasteiger charge is 2.20. The van der Waals surface area contributed by atoms with Gasteiger partial charge in [-0.25, -0.2) is 4.39 Å². The fraction of sp³-hybridized carbons (Fsp3) is 0.516. The quantitative estimate of drug-likeness (QED) is 0.404. The molecule has 0 aliphatic carbocycles. The van der Waals surface area contributed by atoms with E-state index in [1.54, 1.807) is 12.1 Å². The standard InChI is InChI=1S/C29H36FN3.C2H6/c1-23(5-6-24-13-18-32(19-14-24)17-3-15-31)27-10-9-26-4-2-16-33(22-28(26)20-27)21-25-7-11-29(30)12-8-25;1-2/h7-12,20,24H,1-6,13-14,16-19,21-22H2;1-2H3. The molecule has 4 rings (SSSR count). The Bertz CT molecular complexity index is 968. The number of likely N-dealkylation sites (tertiary alicyclic amines) is 1. The van der Waals surface area contributed by atoms with Gasteiger partial charge in [0.15, 0.2) is 0 Å². The molecule has 2 aromatic carbocycles. The molecule has 0 N–H and O–H groups in total. The van der Waals surface area contributed by atoms with E-state index < -0.39 is 0 Å². The van der Waals surface area contributed by atoms with Crippen LogP contribution in [0.25, 0.3) is 5.57 Å². The second kappa shape index (κ2) is 14.2. The van der Waals surface area contributed by atoms with Gasteiger partial charge in [0, 0.05) is 26.1 Å². The number of benzene rings is 2. The van der Waals surface area contributed by atoms with Crippen LogP contribution in [0.1, 0.15) is 74.6 Å². The van der Waals surface area contributed by atoms with E-state index in [0.29, 0.717) is 6.42 Å². The summed E-state index contributed by atoms with van der Waals surface area (Å²) >= 11 is 0. The third-order valence-electron chi connectivity index (χ3n) is 7.35. The molecule has 1 fully saturated rings. The van der Waals surface area contributed by atoms with Crippen molar-refractivity contribution in [1.82, 2.24) is 9.80 Å². The van der Waals surface area contributed by atoms with Crippen molar-refractivity contribution in [2.24, 2.45) is 5.92 Å². The maximum Gasteiger partial charge on any atom is 0.123 e. The summed E-state index contributed by atoms with van der Waals surface area (Å²) in [6.45, 7) is 14.5. The topological polar surface area (TPSA) is 30.3 Å². The summed E-state index contributed by atoms with van der Waals surface area (Å²) in [4.78, 5) is 4.91. The van der Waals surface area contributed by atoms with Crippen LogP contribution in [0.5, 0.6) is 0 Å². The predicted molar refractivity (Wildman–Crippen MR) is 144 cm³/mol. The molecular weight excluding hydrogens is 433 g/mol. The van der Waals surface area contributed by atoms with Gasteiger partial charge in [-0.05, 0) is 110 Å². The lowest BCUT2D eigenvalue weighted by Crippen LogP contribution is -2.34. The number of fused-ring (bicyclic) bond motifs is 1. The minimum absolute atomic E-state index is 0.173. The third kappa shape index (κ3) is 8.30. The van der Waals surface area contributed by atoms with Crippen LogP contribution in [0, 0.1) is 23.1 Å². The number of nitrogens with zero attached hydrogens (tertiary/aromatic N) is 3. The Hall–Kier alpha value is -2.48. The molecule has 0 saturated carbocycles. The number of halogens is 1. The van der Waals surface area contributed by atoms with E-state index in [-0.39, 0.29) is 5.82 Å². The smallest absolute Gasteiger partial charge is 0.123 e. The molecule has 4 heteroatoms. The molecule has 2 heterocycles. The zero-order chi connectivity index (χ0) is 25.0. The Morgan fingerprint density at radius 1 is 1.03 bits per heavy atom. The molecule has 0 bridgehead atoms. The first-order valence-corrected chi connectivity index (χ1v) is 13.5. The van der Waals surface area contributed by atoms with Crippen molar-refractivity contribution in [1.29, 1.82) is 5.26 Å². The van der Waals surface area contributed by atoms with Gasteiger partial charge in [0.25, 0.3) is 0 Å². The molecule has 2 aliphatic heterocycles. The highest BCUT2D eigenvalue weighted by molar-refractivity contribution is 5.64. The van der Waals surface area contributed by atoms with Crippen LogP contribution in [-0.2, 0) is 19.5 Å². The highest BCUT2D eigenvalue weighted by Crippen LogP contribution is 2.29. The van der Waals surface area contributed by atoms with Gasteiger partial charge < -0.3 is 4.90 Å². The van der Waals surface area contributed by atoms with Gasteiger partial charge in [-0.3, -0.25) is 4.90 Å². The van der Waals surface area contributed by atoms with E-state index in [2.05, 4.69) is 40.6 Å². The van der Waals surface area contributed by atoms with Crippen molar-refractivity contribution < 1.29 is 4.39 Å². The van der Waals surface area contributed by atoms with Crippen molar-refractivity contribution in [3.63, 3.8) is 0 Å². The van der Waals surface area contributed by atoms with Gasteiger partial charge >= 0.3 is 0 Å². The zero-order valence-electron chi connectivity index (χ0n) is 21.7. The van der Waals surface area contributed by atoms with E-state index in [1.807, 2.05) is 26.0 Å². The Morgan fingerprint density at radius 3 is 2.49 bits per heavy atom. The average Bonchev–Trinajstić information content (AvgIpc) is 3.10. The summed E-state index contributed by atoms with van der Waals surface area (Å²) in [6.07, 6.45) is 7.65. The largest absolute Gasteiger partial charge is 0.302 e. The van der Waals surface area contributed by atoms with Gasteiger partial charge in [0.2, 0.25) is 0 Å². The first-order valence-electron chi connectivity index (χ1n) is 13.5. The fourth-order valence-electron chi connectivity index (χ4n) is 5.26. The molecule has 3 nitrogen and oxygen atoms in total. The van der Waals surface area contributed by atoms with Crippen molar-refractivity contribution in [3.05, 3.63) is 77.1 Å². The van der Waals surface area contributed by atoms with Crippen LogP contribution < -0.4 is 0 Å². The second-order valence-electron chi connectivity index (χ2n) is 9.76. The molecular formula is C31H42FN3. The summed E-state index contributed by atoms with van der Waals surface area (Å²) in [5, 5.41) is 8.78. The van der Waals surface area contributed by atoms with Crippen molar-refractivity contribution in [2.45, 2.75) is 71.9 Å². The number of aryl methyl sites for hydroxylation is 1. The van der Waals surface area contributed by atoms with Gasteiger partial charge in [-0.1, -0.05) is 44.7 Å². The minimum atomic E-state index is -0.173. The fourth-order valence-corrected chi connectivity index (χ4v) is 5.26. The van der Waals surface area contributed by atoms with E-state index in [4.69, 9.17) is 5.26 Å². The number of piperidine rings is 1. The summed E-state index contributed by atoms with van der Waals surface area (Å²) in [6, 6.07) is 16.1. The highest BCUT2D eigenvalue weighted by atomic mass is 19.1. The second-order valence-corrected chi connectivity index (χ2v) is 9.76. The number of allylic oxidation sites excluding steroid dienone is 1. The molecule has 188 valence electrons. The van der Waals surface area contributed by atoms with E-state index >= 15 is 0 Å². The van der Waals surface area contributed by atoms with Crippen LogP contribution in [-0.4, -0.2) is 36.0 Å². The Labute approximate surface area is 212 Å². The maximum absolute atomic E-state index is 13.3. The summed E-state index contributed by atoms with van der Waals surface area (Å²) in [5.41, 5.74) is 6.57. The van der Waals surface area contributed by atoms with Crippen LogP contribution in [0.15, 0.2) is 49.0 Å². The van der Waals surface area contributed by atoms with Crippen molar-refractivity contribution in [3.8, 4) is 6.07 Å². The van der Waals surface area contributed by atoms with E-state index in [1.165, 1.54) is 47.1 Å². The maximum atomic E-state index is 13.3. The number of hydrogen-bond acceptors (Lipinski definition) is 3. The van der Waals surface area contributed by atoms with Gasteiger partial charge in [-0.2, -0.15) is 5.26 Å². The van der Waals surface area contributed by atoms with Crippen LogP contribution >= 0.6 is 0 Å². The third-order valence-corrected chi connectivity index (χ3v) is 7.35. The zero-order valence-corrected chi connectivity index (χ0v) is 21.7. The molecule has 2 aliphatic rings. The Balaban J connectivity index is 0.00000167. The predicted octanol–water partition coefficient (Wildman–Crippen LogP) is 7.22. The molecule has 1 saturated heterocycles. The molecule has 0 amide bonds. The summed E-state index contributed by atoms with van der Waals surface area (Å²) < 4.78 is 13.3. The lowest BCUT2D eigenvalue weighted by molar-refractivity contribution is 0.183. The number of rotatable bonds is 8. The van der Waals surface area contributed by atoms with Crippen LogP contribution in [0.4, 0.5) is 4.39 Å². The van der Waals surface area contributed by atoms with Gasteiger partial charge in [0.05, 0.1) is 6.07 Å². The SMILES string of the molecule is C=C(CCC1CCN(CCC#N)CC1)c1ccc2c(c1)CN(Cc1ccc(F)cc1)CCC2.CC. The minimum Gasteiger partial charge on any atom is -0.302 e. The van der Waals surface area contributed by atoms with Crippen molar-refractivity contribution >= 4 is 5.57 Å². The normalized spacial score (nSPS) is 17.0. The monoisotopic (exact) mass is 475 g/mol. The van der Waals surface area contributed by atoms with Crippen LogP contribution in [0.2, 0.25) is 0 Å². The molecule has 0 radical (unpaired) electrons. The van der Waals surface area contributed by atoms with Gasteiger partial charge in [-0.15, -0.1) is 0 Å². The molecule has 0 spiro atoms. The summed E-state index contributed by atoms with van der Waals surface area (Å²) in [7, 11) is 0. The molecule has 2 aromatic rings. The number of hydrogen-bond donors (Lipinski definition) is 0.